The van der Waals surface area contributed by atoms with Gasteiger partial charge in [-0.2, -0.15) is 0 Å². The number of hydrogen-bond acceptors (Lipinski definition) is 2. The van der Waals surface area contributed by atoms with Crippen LogP contribution < -0.4 is 0 Å². The molecule has 0 aliphatic rings. The summed E-state index contributed by atoms with van der Waals surface area (Å²) in [6.45, 7) is 10.4. The van der Waals surface area contributed by atoms with Crippen molar-refractivity contribution in [3.05, 3.63) is 29.8 Å². The summed E-state index contributed by atoms with van der Waals surface area (Å²) in [6.07, 6.45) is 6.82. The molecule has 1 aromatic carbocycles. The molecule has 0 heterocycles. The van der Waals surface area contributed by atoms with Crippen LogP contribution in [0.15, 0.2) is 24.3 Å². The maximum Gasteiger partial charge on any atom is 0.314 e. The Morgan fingerprint density at radius 1 is 1.00 bits per heavy atom. The molecular weight excluding hydrogens is 300 g/mol. The first-order valence-corrected chi connectivity index (χ1v) is 9.14. The Hall–Kier alpha value is -1.51. The molecule has 136 valence electrons. The van der Waals surface area contributed by atoms with Gasteiger partial charge in [0.1, 0.15) is 5.75 Å². The zero-order chi connectivity index (χ0) is 18.4. The molecule has 0 aliphatic heterocycles. The molecule has 0 amide bonds. The predicted octanol–water partition coefficient (Wildman–Crippen LogP) is 5.76. The average molecular weight is 334 g/mol. The predicted molar refractivity (Wildman–Crippen MR) is 99.4 cm³/mol. The summed E-state index contributed by atoms with van der Waals surface area (Å²) in [5.74, 6) is 0.110. The Balaban J connectivity index is 2.75. The Labute approximate surface area is 147 Å². The number of aliphatic carboxylic acids is 1. The van der Waals surface area contributed by atoms with Crippen LogP contribution in [0.3, 0.4) is 0 Å². The molecule has 1 aromatic rings. The van der Waals surface area contributed by atoms with Gasteiger partial charge in [-0.25, -0.2) is 0 Å². The minimum atomic E-state index is -0.974. The van der Waals surface area contributed by atoms with Crippen molar-refractivity contribution in [3.8, 4) is 5.75 Å². The number of unbranched alkanes of at least 4 members (excludes halogenated alkanes) is 3. The van der Waals surface area contributed by atoms with Crippen LogP contribution in [0.4, 0.5) is 0 Å². The maximum absolute atomic E-state index is 12.1. The van der Waals surface area contributed by atoms with Crippen LogP contribution in [0.1, 0.15) is 78.7 Å². The molecule has 0 fully saturated rings. The van der Waals surface area contributed by atoms with E-state index >= 15 is 0 Å². The first-order chi connectivity index (χ1) is 11.1. The number of aromatic hydroxyl groups is 1. The van der Waals surface area contributed by atoms with Gasteiger partial charge in [0.15, 0.2) is 0 Å². The molecule has 1 rings (SSSR count). The van der Waals surface area contributed by atoms with Crippen LogP contribution in [-0.4, -0.2) is 16.2 Å². The summed E-state index contributed by atoms with van der Waals surface area (Å²) >= 11 is 0. The van der Waals surface area contributed by atoms with Crippen LogP contribution in [0, 0.1) is 11.3 Å². The molecule has 0 radical (unpaired) electrons. The van der Waals surface area contributed by atoms with E-state index in [9.17, 15) is 15.0 Å². The summed E-state index contributed by atoms with van der Waals surface area (Å²) in [4.78, 5) is 12.1. The van der Waals surface area contributed by atoms with E-state index in [0.29, 0.717) is 0 Å². The van der Waals surface area contributed by atoms with Gasteiger partial charge < -0.3 is 10.2 Å². The molecule has 0 saturated heterocycles. The normalized spacial score (nSPS) is 14.6. The minimum Gasteiger partial charge on any atom is -0.508 e. The number of carbonyl (C=O) groups is 1. The molecule has 24 heavy (non-hydrogen) atoms. The van der Waals surface area contributed by atoms with Gasteiger partial charge in [-0.3, -0.25) is 4.79 Å². The lowest BCUT2D eigenvalue weighted by molar-refractivity contribution is -0.148. The topological polar surface area (TPSA) is 57.5 Å². The van der Waals surface area contributed by atoms with Crippen molar-refractivity contribution >= 4 is 5.97 Å². The van der Waals surface area contributed by atoms with Gasteiger partial charge >= 0.3 is 5.97 Å². The van der Waals surface area contributed by atoms with Gasteiger partial charge in [0.05, 0.1) is 5.41 Å². The number of phenols is 1. The van der Waals surface area contributed by atoms with Gasteiger partial charge in [0, 0.05) is 0 Å². The summed E-state index contributed by atoms with van der Waals surface area (Å²) in [6, 6.07) is 6.60. The van der Waals surface area contributed by atoms with Crippen molar-refractivity contribution in [2.75, 3.05) is 0 Å². The quantitative estimate of drug-likeness (QED) is 0.535. The van der Waals surface area contributed by atoms with Crippen molar-refractivity contribution in [2.24, 2.45) is 11.3 Å². The summed E-state index contributed by atoms with van der Waals surface area (Å²) in [5, 5.41) is 19.4. The van der Waals surface area contributed by atoms with Crippen LogP contribution in [0.25, 0.3) is 0 Å². The van der Waals surface area contributed by atoms with E-state index in [-0.39, 0.29) is 11.2 Å². The highest BCUT2D eigenvalue weighted by Crippen LogP contribution is 2.45. The van der Waals surface area contributed by atoms with Gasteiger partial charge in [-0.15, -0.1) is 0 Å². The first-order valence-electron chi connectivity index (χ1n) is 9.14. The highest BCUT2D eigenvalue weighted by molar-refractivity contribution is 5.82. The van der Waals surface area contributed by atoms with E-state index < -0.39 is 11.4 Å². The standard InChI is InChI=1S/C21H34O3/c1-16(2)10-8-6-7-9-15-20(3,4)21(5,19(23)24)17-11-13-18(22)14-12-17/h11-14,16,22H,6-10,15H2,1-5H3,(H,23,24). The van der Waals surface area contributed by atoms with E-state index in [4.69, 9.17) is 0 Å². The molecule has 0 bridgehead atoms. The lowest BCUT2D eigenvalue weighted by atomic mass is 9.61. The fraction of sp³-hybridized carbons (Fsp3) is 0.667. The van der Waals surface area contributed by atoms with Crippen LogP contribution in [0.2, 0.25) is 0 Å². The Morgan fingerprint density at radius 2 is 1.54 bits per heavy atom. The van der Waals surface area contributed by atoms with E-state index in [1.54, 1.807) is 31.2 Å². The molecule has 3 nitrogen and oxygen atoms in total. The van der Waals surface area contributed by atoms with Gasteiger partial charge in [0.2, 0.25) is 0 Å². The third kappa shape index (κ3) is 4.99. The fourth-order valence-corrected chi connectivity index (χ4v) is 3.32. The highest BCUT2D eigenvalue weighted by atomic mass is 16.4. The molecular formula is C21H34O3. The minimum absolute atomic E-state index is 0.162. The van der Waals surface area contributed by atoms with Crippen molar-refractivity contribution in [1.29, 1.82) is 0 Å². The molecule has 0 spiro atoms. The van der Waals surface area contributed by atoms with Gasteiger partial charge in [0.25, 0.3) is 0 Å². The zero-order valence-corrected chi connectivity index (χ0v) is 15.9. The lowest BCUT2D eigenvalue weighted by Crippen LogP contribution is -2.46. The summed E-state index contributed by atoms with van der Waals surface area (Å²) in [7, 11) is 0. The number of carboxylic acid groups (broad SMARTS) is 1. The number of carboxylic acids is 1. The summed E-state index contributed by atoms with van der Waals surface area (Å²) < 4.78 is 0. The Bertz CT molecular complexity index is 516. The largest absolute Gasteiger partial charge is 0.508 e. The molecule has 2 N–H and O–H groups in total. The van der Waals surface area contributed by atoms with E-state index in [1.165, 1.54) is 19.3 Å². The van der Waals surface area contributed by atoms with E-state index in [1.807, 2.05) is 13.8 Å². The van der Waals surface area contributed by atoms with Crippen LogP contribution in [0.5, 0.6) is 5.75 Å². The summed E-state index contributed by atoms with van der Waals surface area (Å²) in [5.41, 5.74) is -0.593. The van der Waals surface area contributed by atoms with Crippen molar-refractivity contribution in [1.82, 2.24) is 0 Å². The number of phenolic OH excluding ortho intramolecular Hbond substituents is 1. The average Bonchev–Trinajstić information content (AvgIpc) is 2.50. The number of benzene rings is 1. The molecule has 0 aromatic heterocycles. The second-order valence-electron chi connectivity index (χ2n) is 8.21. The molecule has 0 saturated carbocycles. The van der Waals surface area contributed by atoms with Gasteiger partial charge in [-0.1, -0.05) is 71.9 Å². The third-order valence-corrected chi connectivity index (χ3v) is 5.56. The lowest BCUT2D eigenvalue weighted by Gasteiger charge is -2.41. The number of hydrogen-bond donors (Lipinski definition) is 2. The van der Waals surface area contributed by atoms with Crippen molar-refractivity contribution < 1.29 is 15.0 Å². The molecule has 0 aliphatic carbocycles. The second kappa shape index (κ2) is 8.55. The zero-order valence-electron chi connectivity index (χ0n) is 15.9. The Morgan fingerprint density at radius 3 is 2.04 bits per heavy atom. The van der Waals surface area contributed by atoms with Gasteiger partial charge in [-0.05, 0) is 42.4 Å². The first kappa shape index (κ1) is 20.5. The Kier molecular flexibility index (Phi) is 7.31. The molecule has 3 heteroatoms. The monoisotopic (exact) mass is 334 g/mol. The second-order valence-corrected chi connectivity index (χ2v) is 8.21. The fourth-order valence-electron chi connectivity index (χ4n) is 3.32. The van der Waals surface area contributed by atoms with Crippen molar-refractivity contribution in [2.45, 2.75) is 78.6 Å². The smallest absolute Gasteiger partial charge is 0.314 e. The van der Waals surface area contributed by atoms with E-state index in [0.717, 1.165) is 30.7 Å². The van der Waals surface area contributed by atoms with Crippen LogP contribution in [-0.2, 0) is 10.2 Å². The number of rotatable bonds is 10. The van der Waals surface area contributed by atoms with E-state index in [2.05, 4.69) is 13.8 Å². The SMILES string of the molecule is CC(C)CCCCCCC(C)(C)C(C)(C(=O)O)c1ccc(O)cc1. The van der Waals surface area contributed by atoms with Crippen molar-refractivity contribution in [3.63, 3.8) is 0 Å². The highest BCUT2D eigenvalue weighted by Gasteiger charge is 2.48. The molecule has 1 unspecified atom stereocenters. The molecule has 1 atom stereocenters. The maximum atomic E-state index is 12.1. The van der Waals surface area contributed by atoms with Crippen LogP contribution >= 0.6 is 0 Å². The third-order valence-electron chi connectivity index (χ3n) is 5.56.